The van der Waals surface area contributed by atoms with E-state index in [4.69, 9.17) is 25.4 Å². The highest BCUT2D eigenvalue weighted by Gasteiger charge is 2.41. The highest BCUT2D eigenvalue weighted by Crippen LogP contribution is 2.37. The van der Waals surface area contributed by atoms with Gasteiger partial charge in [-0.3, -0.25) is 9.88 Å². The zero-order chi connectivity index (χ0) is 21.5. The zero-order valence-electron chi connectivity index (χ0n) is 18.1. The van der Waals surface area contributed by atoms with E-state index in [-0.39, 0.29) is 0 Å². The number of aryl methyl sites for hydroxylation is 1. The Morgan fingerprint density at radius 1 is 1.26 bits per heavy atom. The average Bonchev–Trinajstić information content (AvgIpc) is 3.05. The molecule has 0 spiro atoms. The van der Waals surface area contributed by atoms with Crippen molar-refractivity contribution in [3.8, 4) is 5.75 Å². The minimum Gasteiger partial charge on any atom is -0.496 e. The van der Waals surface area contributed by atoms with E-state index in [1.165, 1.54) is 17.5 Å². The van der Waals surface area contributed by atoms with Crippen LogP contribution in [-0.2, 0) is 11.3 Å². The molecule has 0 saturated carbocycles. The van der Waals surface area contributed by atoms with Gasteiger partial charge in [-0.05, 0) is 31.4 Å². The molecule has 0 bridgehead atoms. The van der Waals surface area contributed by atoms with E-state index in [2.05, 4.69) is 14.3 Å². The van der Waals surface area contributed by atoms with Crippen LogP contribution in [0.5, 0.6) is 5.75 Å². The number of pyridine rings is 1. The van der Waals surface area contributed by atoms with Gasteiger partial charge in [-0.15, -0.1) is 0 Å². The van der Waals surface area contributed by atoms with Crippen molar-refractivity contribution < 1.29 is 9.47 Å². The van der Waals surface area contributed by atoms with Crippen LogP contribution in [0.25, 0.3) is 0 Å². The Morgan fingerprint density at radius 3 is 2.84 bits per heavy atom. The summed E-state index contributed by atoms with van der Waals surface area (Å²) in [5.41, 5.74) is 13.4. The van der Waals surface area contributed by atoms with Crippen molar-refractivity contribution in [2.75, 3.05) is 39.2 Å². The van der Waals surface area contributed by atoms with Gasteiger partial charge < -0.3 is 15.2 Å². The number of amidine groups is 1. The molecule has 4 heterocycles. The summed E-state index contributed by atoms with van der Waals surface area (Å²) in [6.07, 6.45) is 2.69. The lowest BCUT2D eigenvalue weighted by atomic mass is 10.0. The van der Waals surface area contributed by atoms with Crippen molar-refractivity contribution >= 4 is 29.2 Å². The van der Waals surface area contributed by atoms with Crippen molar-refractivity contribution in [3.63, 3.8) is 0 Å². The van der Waals surface area contributed by atoms with Crippen LogP contribution in [0.2, 0.25) is 0 Å². The van der Waals surface area contributed by atoms with E-state index in [0.717, 1.165) is 78.0 Å². The molecule has 1 aromatic rings. The molecule has 0 radical (unpaired) electrons. The fraction of sp³-hybridized carbons (Fsp3) is 0.524. The molecule has 1 unspecified atom stereocenters. The lowest BCUT2D eigenvalue weighted by Crippen LogP contribution is -2.44. The van der Waals surface area contributed by atoms with E-state index >= 15 is 0 Å². The fourth-order valence-corrected chi connectivity index (χ4v) is 5.47. The van der Waals surface area contributed by atoms with Gasteiger partial charge in [-0.25, -0.2) is 0 Å². The summed E-state index contributed by atoms with van der Waals surface area (Å²) in [5, 5.41) is 11.4. The molecule has 9 nitrogen and oxygen atoms in total. The topological polar surface area (TPSA) is 101 Å². The molecule has 1 aromatic heterocycles. The van der Waals surface area contributed by atoms with Crippen molar-refractivity contribution in [3.05, 3.63) is 34.2 Å². The van der Waals surface area contributed by atoms with Crippen molar-refractivity contribution in [2.24, 2.45) is 20.3 Å². The Labute approximate surface area is 186 Å². The van der Waals surface area contributed by atoms with Gasteiger partial charge in [0, 0.05) is 54.2 Å². The van der Waals surface area contributed by atoms with Gasteiger partial charge in [0.1, 0.15) is 18.0 Å². The largest absolute Gasteiger partial charge is 0.496 e. The Hall–Kier alpha value is -2.43. The first kappa shape index (κ1) is 20.5. The second-order valence-corrected chi connectivity index (χ2v) is 8.82. The molecule has 31 heavy (non-hydrogen) atoms. The van der Waals surface area contributed by atoms with Gasteiger partial charge in [0.05, 0.1) is 31.7 Å². The predicted octanol–water partition coefficient (Wildman–Crippen LogP) is 1.65. The van der Waals surface area contributed by atoms with Gasteiger partial charge >= 0.3 is 0 Å². The molecule has 5 rings (SSSR count). The number of hydrogen-bond donors (Lipinski definition) is 1. The van der Waals surface area contributed by atoms with Crippen LogP contribution < -0.4 is 10.5 Å². The van der Waals surface area contributed by atoms with Crippen LogP contribution in [0.15, 0.2) is 31.9 Å². The molecule has 4 aliphatic rings. The summed E-state index contributed by atoms with van der Waals surface area (Å²) in [4.78, 5) is 7.11. The number of rotatable bonds is 4. The lowest BCUT2D eigenvalue weighted by Gasteiger charge is -2.33. The van der Waals surface area contributed by atoms with E-state index in [1.807, 2.05) is 20.0 Å². The summed E-state index contributed by atoms with van der Waals surface area (Å²) >= 11 is 1.50. The van der Waals surface area contributed by atoms with Crippen LogP contribution >= 0.6 is 11.9 Å². The molecule has 2 N–H and O–H groups in total. The normalized spacial score (nSPS) is 23.8. The number of nitrogens with zero attached hydrogens (tertiary/aromatic N) is 6. The van der Waals surface area contributed by atoms with Crippen LogP contribution in [0, 0.1) is 13.8 Å². The minimum absolute atomic E-state index is 0.302. The second kappa shape index (κ2) is 8.25. The average molecular weight is 442 g/mol. The minimum atomic E-state index is 0.302. The third-order valence-corrected chi connectivity index (χ3v) is 7.01. The number of methoxy groups -OCH3 is 1. The van der Waals surface area contributed by atoms with Crippen molar-refractivity contribution in [1.29, 1.82) is 0 Å². The summed E-state index contributed by atoms with van der Waals surface area (Å²) < 4.78 is 15.6. The SMILES string of the molecule is COc1c(C)cnc(CN2N=C3CC(N4CCOCC4)C4=C3C(=N2)C(N)=NSC4)c1C. The molecule has 1 aliphatic carbocycles. The van der Waals surface area contributed by atoms with Gasteiger partial charge in [-0.1, -0.05) is 0 Å². The first-order valence-electron chi connectivity index (χ1n) is 10.5. The molecule has 0 amide bonds. The smallest absolute Gasteiger partial charge is 0.160 e. The molecule has 1 saturated heterocycles. The number of hydrazone groups is 2. The standard InChI is InChI=1S/C21H27N7O2S/c1-12-9-23-16(13(2)20(12)29-3)10-28-24-15-8-17(27-4-6-30-7-5-27)14-11-31-26-21(22)19(25-28)18(14)15/h9,17H,4-8,10-11H2,1-3H3,(H2,22,26). The van der Waals surface area contributed by atoms with Crippen LogP contribution in [0.3, 0.4) is 0 Å². The Bertz CT molecular complexity index is 1030. The van der Waals surface area contributed by atoms with Crippen LogP contribution in [-0.4, -0.2) is 77.5 Å². The highest BCUT2D eigenvalue weighted by molar-refractivity contribution is 7.98. The maximum absolute atomic E-state index is 6.33. The maximum Gasteiger partial charge on any atom is 0.160 e. The number of morpholine rings is 1. The highest BCUT2D eigenvalue weighted by atomic mass is 32.2. The van der Waals surface area contributed by atoms with Gasteiger partial charge in [-0.2, -0.15) is 19.7 Å². The molecule has 1 fully saturated rings. The van der Waals surface area contributed by atoms with Gasteiger partial charge in [0.2, 0.25) is 0 Å². The third kappa shape index (κ3) is 3.62. The molecule has 1 atom stereocenters. The molecule has 3 aliphatic heterocycles. The fourth-order valence-electron chi connectivity index (χ4n) is 4.70. The summed E-state index contributed by atoms with van der Waals surface area (Å²) in [6, 6.07) is 0.302. The van der Waals surface area contributed by atoms with Gasteiger partial charge in [0.25, 0.3) is 0 Å². The van der Waals surface area contributed by atoms with E-state index < -0.39 is 0 Å². The Morgan fingerprint density at radius 2 is 2.06 bits per heavy atom. The van der Waals surface area contributed by atoms with E-state index in [9.17, 15) is 0 Å². The number of aromatic nitrogens is 1. The summed E-state index contributed by atoms with van der Waals surface area (Å²) in [5.74, 6) is 2.12. The van der Waals surface area contributed by atoms with Crippen molar-refractivity contribution in [2.45, 2.75) is 32.9 Å². The quantitative estimate of drug-likeness (QED) is 0.709. The number of hydrogen-bond acceptors (Lipinski definition) is 10. The lowest BCUT2D eigenvalue weighted by molar-refractivity contribution is 0.0256. The molecule has 0 aromatic carbocycles. The van der Waals surface area contributed by atoms with E-state index in [0.29, 0.717) is 18.4 Å². The second-order valence-electron chi connectivity index (χ2n) is 8.09. The Kier molecular flexibility index (Phi) is 5.45. The monoisotopic (exact) mass is 441 g/mol. The number of nitrogens with two attached hydrogens (primary N) is 1. The van der Waals surface area contributed by atoms with Crippen LogP contribution in [0.4, 0.5) is 0 Å². The molecule has 10 heteroatoms. The number of ether oxygens (including phenoxy) is 2. The van der Waals surface area contributed by atoms with Crippen LogP contribution in [0.1, 0.15) is 23.2 Å². The predicted molar refractivity (Wildman–Crippen MR) is 123 cm³/mol. The Balaban J connectivity index is 1.49. The first-order valence-corrected chi connectivity index (χ1v) is 11.4. The summed E-state index contributed by atoms with van der Waals surface area (Å²) in [7, 11) is 1.68. The third-order valence-electron chi connectivity index (χ3n) is 6.24. The first-order chi connectivity index (χ1) is 15.1. The van der Waals surface area contributed by atoms with Gasteiger partial charge in [0.15, 0.2) is 5.84 Å². The van der Waals surface area contributed by atoms with E-state index in [1.54, 1.807) is 12.2 Å². The zero-order valence-corrected chi connectivity index (χ0v) is 18.9. The molecular formula is C21H27N7O2S. The van der Waals surface area contributed by atoms with Crippen molar-refractivity contribution in [1.82, 2.24) is 15.0 Å². The summed E-state index contributed by atoms with van der Waals surface area (Å²) in [6.45, 7) is 7.85. The molecule has 164 valence electrons. The molecular weight excluding hydrogens is 414 g/mol. The maximum atomic E-state index is 6.33.